The van der Waals surface area contributed by atoms with Gasteiger partial charge in [0.15, 0.2) is 0 Å². The Labute approximate surface area is 139 Å². The number of thiophene rings is 2. The molecule has 2 aromatic heterocycles. The zero-order valence-corrected chi connectivity index (χ0v) is 15.2. The summed E-state index contributed by atoms with van der Waals surface area (Å²) in [5.41, 5.74) is 3.15. The Morgan fingerprint density at radius 3 is 2.10 bits per heavy atom. The summed E-state index contributed by atoms with van der Waals surface area (Å²) in [4.78, 5) is 2.86. The zero-order chi connectivity index (χ0) is 13.3. The van der Waals surface area contributed by atoms with Gasteiger partial charge in [0.2, 0.25) is 0 Å². The number of nitrogens with zero attached hydrogens (tertiary/aromatic N) is 1. The summed E-state index contributed by atoms with van der Waals surface area (Å²) in [5.74, 6) is 0. The Hall–Kier alpha value is -0.420. The van der Waals surface area contributed by atoms with Crippen molar-refractivity contribution in [1.29, 1.82) is 0 Å². The number of quaternary nitrogens is 1. The lowest BCUT2D eigenvalue weighted by Crippen LogP contribution is -3.00. The van der Waals surface area contributed by atoms with Gasteiger partial charge >= 0.3 is 0 Å². The monoisotopic (exact) mass is 369 g/mol. The van der Waals surface area contributed by atoms with Crippen LogP contribution in [0.4, 0.5) is 0 Å². The van der Waals surface area contributed by atoms with Crippen molar-refractivity contribution in [3.05, 3.63) is 50.4 Å². The summed E-state index contributed by atoms with van der Waals surface area (Å²) in [5, 5.41) is 4.37. The van der Waals surface area contributed by atoms with Gasteiger partial charge in [0.1, 0.15) is 6.54 Å². The average molecular weight is 370 g/mol. The fourth-order valence-corrected chi connectivity index (χ4v) is 4.64. The highest BCUT2D eigenvalue weighted by molar-refractivity contribution is 7.13. The second kappa shape index (κ2) is 6.56. The number of piperidine rings is 1. The van der Waals surface area contributed by atoms with E-state index in [9.17, 15) is 0 Å². The fraction of sp³-hybridized carbons (Fsp3) is 0.375. The quantitative estimate of drug-likeness (QED) is 0.703. The lowest BCUT2D eigenvalue weighted by Gasteiger charge is -2.35. The molecule has 20 heavy (non-hydrogen) atoms. The maximum Gasteiger partial charge on any atom is 0.101 e. The lowest BCUT2D eigenvalue weighted by atomic mass is 9.96. The van der Waals surface area contributed by atoms with E-state index in [1.807, 2.05) is 22.7 Å². The molecule has 1 nitrogen and oxygen atoms in total. The van der Waals surface area contributed by atoms with Crippen LogP contribution in [-0.4, -0.2) is 31.7 Å². The van der Waals surface area contributed by atoms with Gasteiger partial charge in [-0.15, -0.1) is 22.7 Å². The van der Waals surface area contributed by atoms with E-state index < -0.39 is 0 Å². The summed E-state index contributed by atoms with van der Waals surface area (Å²) < 4.78 is 1.12. The first-order valence-corrected chi connectivity index (χ1v) is 8.53. The highest BCUT2D eigenvalue weighted by atomic mass is 79.9. The smallest absolute Gasteiger partial charge is 0.101 e. The zero-order valence-electron chi connectivity index (χ0n) is 11.9. The average Bonchev–Trinajstić information content (AvgIpc) is 3.01. The van der Waals surface area contributed by atoms with E-state index in [4.69, 9.17) is 0 Å². The molecule has 1 saturated heterocycles. The van der Waals surface area contributed by atoms with Crippen LogP contribution in [0.25, 0.3) is 5.57 Å². The second-order valence-corrected chi connectivity index (χ2v) is 7.75. The van der Waals surface area contributed by atoms with Crippen molar-refractivity contribution < 1.29 is 21.5 Å². The van der Waals surface area contributed by atoms with E-state index in [2.05, 4.69) is 49.1 Å². The second-order valence-electron chi connectivity index (χ2n) is 5.85. The van der Waals surface area contributed by atoms with E-state index >= 15 is 0 Å². The van der Waals surface area contributed by atoms with Crippen LogP contribution in [0.2, 0.25) is 0 Å². The van der Waals surface area contributed by atoms with Crippen LogP contribution in [0.5, 0.6) is 0 Å². The van der Waals surface area contributed by atoms with Crippen molar-refractivity contribution in [3.8, 4) is 0 Å². The third-order valence-corrected chi connectivity index (χ3v) is 5.52. The predicted octanol–water partition coefficient (Wildman–Crippen LogP) is 1.49. The maximum atomic E-state index is 2.35. The molecule has 0 saturated carbocycles. The molecule has 0 unspecified atom stereocenters. The summed E-state index contributed by atoms with van der Waals surface area (Å²) in [7, 11) is 4.69. The number of hydrogen-bond acceptors (Lipinski definition) is 2. The molecule has 4 heteroatoms. The minimum atomic E-state index is 0. The highest BCUT2D eigenvalue weighted by Crippen LogP contribution is 2.36. The van der Waals surface area contributed by atoms with Gasteiger partial charge in [0.25, 0.3) is 0 Å². The third kappa shape index (κ3) is 3.42. The molecule has 0 aromatic carbocycles. The summed E-state index contributed by atoms with van der Waals surface area (Å²) in [6.45, 7) is 2.48. The summed E-state index contributed by atoms with van der Waals surface area (Å²) in [6.07, 6.45) is 2.56. The SMILES string of the molecule is C[N+]1(C)CCCC(=C(c2cccs2)c2cccs2)C1.[Br-]. The van der Waals surface area contributed by atoms with Gasteiger partial charge in [0, 0.05) is 21.7 Å². The van der Waals surface area contributed by atoms with E-state index in [-0.39, 0.29) is 17.0 Å². The Balaban J connectivity index is 0.00000147. The van der Waals surface area contributed by atoms with Crippen molar-refractivity contribution in [2.24, 2.45) is 0 Å². The number of likely N-dealkylation sites (tertiary alicyclic amines) is 1. The molecular formula is C16H20BrNS2. The minimum absolute atomic E-state index is 0. The molecule has 108 valence electrons. The first-order chi connectivity index (χ1) is 9.16. The molecule has 0 radical (unpaired) electrons. The van der Waals surface area contributed by atoms with E-state index in [1.54, 1.807) is 5.57 Å². The van der Waals surface area contributed by atoms with Crippen LogP contribution < -0.4 is 17.0 Å². The van der Waals surface area contributed by atoms with Crippen LogP contribution in [0.3, 0.4) is 0 Å². The van der Waals surface area contributed by atoms with E-state index in [0.717, 1.165) is 4.48 Å². The van der Waals surface area contributed by atoms with E-state index in [1.165, 1.54) is 41.3 Å². The molecule has 0 atom stereocenters. The van der Waals surface area contributed by atoms with Crippen molar-refractivity contribution in [2.75, 3.05) is 27.2 Å². The normalized spacial score (nSPS) is 17.6. The number of hydrogen-bond donors (Lipinski definition) is 0. The van der Waals surface area contributed by atoms with Crippen molar-refractivity contribution in [1.82, 2.24) is 0 Å². The van der Waals surface area contributed by atoms with Crippen molar-refractivity contribution >= 4 is 28.2 Å². The largest absolute Gasteiger partial charge is 1.00 e. The molecule has 3 rings (SSSR count). The molecule has 0 amide bonds. The standard InChI is InChI=1S/C16H20NS2.BrH/c1-17(2)9-3-6-13(12-17)16(14-7-4-10-18-14)15-8-5-11-19-15;/h4-5,7-8,10-11H,3,6,9,12H2,1-2H3;1H/q+1;/p-1. The Kier molecular flexibility index (Phi) is 5.24. The first-order valence-electron chi connectivity index (χ1n) is 6.77. The molecule has 0 spiro atoms. The van der Waals surface area contributed by atoms with Gasteiger partial charge < -0.3 is 21.5 Å². The maximum absolute atomic E-state index is 2.35. The van der Waals surface area contributed by atoms with Crippen LogP contribution in [-0.2, 0) is 0 Å². The van der Waals surface area contributed by atoms with Crippen LogP contribution in [0.15, 0.2) is 40.6 Å². The van der Waals surface area contributed by atoms with Crippen LogP contribution in [0.1, 0.15) is 22.6 Å². The Morgan fingerprint density at radius 2 is 1.65 bits per heavy atom. The number of halogens is 1. The molecule has 1 aliphatic rings. The van der Waals surface area contributed by atoms with Gasteiger partial charge in [-0.3, -0.25) is 0 Å². The number of likely N-dealkylation sites (N-methyl/N-ethyl adjacent to an activating group) is 1. The van der Waals surface area contributed by atoms with Gasteiger partial charge in [-0.1, -0.05) is 12.1 Å². The molecule has 0 aliphatic carbocycles. The van der Waals surface area contributed by atoms with Crippen LogP contribution in [0, 0.1) is 0 Å². The fourth-order valence-electron chi connectivity index (χ4n) is 2.91. The van der Waals surface area contributed by atoms with Gasteiger partial charge in [-0.2, -0.15) is 0 Å². The van der Waals surface area contributed by atoms with Crippen molar-refractivity contribution in [3.63, 3.8) is 0 Å². The van der Waals surface area contributed by atoms with E-state index in [0.29, 0.717) is 0 Å². The lowest BCUT2D eigenvalue weighted by molar-refractivity contribution is -0.889. The minimum Gasteiger partial charge on any atom is -1.00 e. The predicted molar refractivity (Wildman–Crippen MR) is 85.7 cm³/mol. The van der Waals surface area contributed by atoms with Gasteiger partial charge in [0.05, 0.1) is 20.6 Å². The van der Waals surface area contributed by atoms with Gasteiger partial charge in [-0.25, -0.2) is 0 Å². The summed E-state index contributed by atoms with van der Waals surface area (Å²) in [6, 6.07) is 8.86. The third-order valence-electron chi connectivity index (χ3n) is 3.75. The first kappa shape index (κ1) is 16.0. The van der Waals surface area contributed by atoms with Crippen LogP contribution >= 0.6 is 22.7 Å². The topological polar surface area (TPSA) is 0 Å². The Morgan fingerprint density at radius 1 is 1.05 bits per heavy atom. The molecule has 1 fully saturated rings. The van der Waals surface area contributed by atoms with Gasteiger partial charge in [-0.05, 0) is 34.9 Å². The highest BCUT2D eigenvalue weighted by Gasteiger charge is 2.26. The molecular weight excluding hydrogens is 350 g/mol. The molecule has 1 aliphatic heterocycles. The molecule has 3 heterocycles. The summed E-state index contributed by atoms with van der Waals surface area (Å²) >= 11 is 3.73. The number of rotatable bonds is 2. The Bertz CT molecular complexity index is 531. The molecule has 0 N–H and O–H groups in total. The molecule has 2 aromatic rings. The molecule has 0 bridgehead atoms. The van der Waals surface area contributed by atoms with Crippen molar-refractivity contribution in [2.45, 2.75) is 12.8 Å².